The molecule has 0 aliphatic rings. The highest BCUT2D eigenvalue weighted by Gasteiger charge is 2.08. The highest BCUT2D eigenvalue weighted by atomic mass is 32.2. The predicted molar refractivity (Wildman–Crippen MR) is 85.6 cm³/mol. The van der Waals surface area contributed by atoms with Gasteiger partial charge in [-0.3, -0.25) is 25.5 Å². The van der Waals surface area contributed by atoms with Gasteiger partial charge in [0.25, 0.3) is 0 Å². The summed E-state index contributed by atoms with van der Waals surface area (Å²) >= 11 is 2.39. The third-order valence-electron chi connectivity index (χ3n) is 2.37. The quantitative estimate of drug-likeness (QED) is 0.383. The van der Waals surface area contributed by atoms with E-state index in [0.717, 1.165) is 11.4 Å². The number of thioether (sulfide) groups is 2. The number of nitrogens with one attached hydrogen (secondary N) is 3. The van der Waals surface area contributed by atoms with Gasteiger partial charge < -0.3 is 0 Å². The molecule has 11 heteroatoms. The third kappa shape index (κ3) is 6.24. The summed E-state index contributed by atoms with van der Waals surface area (Å²) in [5.74, 6) is -0.454. The molecule has 2 heterocycles. The lowest BCUT2D eigenvalue weighted by Gasteiger charge is -2.06. The standard InChI is InChI=1S/C12H15N7O2S2/c1-7-3-8(2)16-12(15-7)23-5-10(21)18-17-9(20)4-22-11-13-6-14-19-11/h3,6H,4-5H2,1-2H3,(H,17,20)(H,18,21)(H,13,14,19). The summed E-state index contributed by atoms with van der Waals surface area (Å²) in [6, 6.07) is 1.86. The van der Waals surface area contributed by atoms with Gasteiger partial charge in [-0.1, -0.05) is 23.5 Å². The molecule has 2 aromatic rings. The van der Waals surface area contributed by atoms with Crippen LogP contribution in [0.25, 0.3) is 0 Å². The first kappa shape index (κ1) is 17.2. The Labute approximate surface area is 140 Å². The molecule has 9 nitrogen and oxygen atoms in total. The number of H-pyrrole nitrogens is 1. The number of aromatic nitrogens is 5. The summed E-state index contributed by atoms with van der Waals surface area (Å²) in [5, 5.41) is 7.36. The lowest BCUT2D eigenvalue weighted by molar-refractivity contribution is -0.126. The van der Waals surface area contributed by atoms with Crippen LogP contribution in [-0.4, -0.2) is 48.5 Å². The summed E-state index contributed by atoms with van der Waals surface area (Å²) in [6.45, 7) is 3.73. The summed E-state index contributed by atoms with van der Waals surface area (Å²) in [7, 11) is 0. The van der Waals surface area contributed by atoms with Crippen molar-refractivity contribution in [1.82, 2.24) is 36.0 Å². The zero-order chi connectivity index (χ0) is 16.7. The van der Waals surface area contributed by atoms with Gasteiger partial charge in [0.1, 0.15) is 6.33 Å². The molecular formula is C12H15N7O2S2. The van der Waals surface area contributed by atoms with Crippen LogP contribution < -0.4 is 10.9 Å². The van der Waals surface area contributed by atoms with E-state index >= 15 is 0 Å². The van der Waals surface area contributed by atoms with Crippen LogP contribution in [0.4, 0.5) is 0 Å². The Morgan fingerprint density at radius 2 is 1.70 bits per heavy atom. The summed E-state index contributed by atoms with van der Waals surface area (Å²) in [5.41, 5.74) is 6.36. The van der Waals surface area contributed by atoms with Crippen LogP contribution in [0.1, 0.15) is 11.4 Å². The minimum Gasteiger partial charge on any atom is -0.272 e. The number of hydrogen-bond donors (Lipinski definition) is 3. The minimum atomic E-state index is -0.340. The lowest BCUT2D eigenvalue weighted by Crippen LogP contribution is -2.43. The third-order valence-corrected chi connectivity index (χ3v) is 4.09. The van der Waals surface area contributed by atoms with Gasteiger partial charge in [0.05, 0.1) is 11.5 Å². The maximum absolute atomic E-state index is 11.7. The predicted octanol–water partition coefficient (Wildman–Crippen LogP) is 0.243. The van der Waals surface area contributed by atoms with Crippen molar-refractivity contribution < 1.29 is 9.59 Å². The number of amides is 2. The van der Waals surface area contributed by atoms with Crippen LogP contribution in [0.5, 0.6) is 0 Å². The fraction of sp³-hybridized carbons (Fsp3) is 0.333. The zero-order valence-electron chi connectivity index (χ0n) is 12.5. The van der Waals surface area contributed by atoms with Gasteiger partial charge in [-0.05, 0) is 19.9 Å². The molecule has 0 bridgehead atoms. The van der Waals surface area contributed by atoms with Crippen molar-refractivity contribution in [2.24, 2.45) is 0 Å². The topological polar surface area (TPSA) is 126 Å². The summed E-state index contributed by atoms with van der Waals surface area (Å²) in [6.07, 6.45) is 1.36. The average Bonchev–Trinajstić information content (AvgIpc) is 3.01. The van der Waals surface area contributed by atoms with Gasteiger partial charge in [0, 0.05) is 11.4 Å². The number of aryl methyl sites for hydroxylation is 2. The number of hydrogen-bond acceptors (Lipinski definition) is 8. The molecule has 0 saturated heterocycles. The van der Waals surface area contributed by atoms with Crippen LogP contribution in [-0.2, 0) is 9.59 Å². The van der Waals surface area contributed by atoms with Gasteiger partial charge in [-0.2, -0.15) is 5.10 Å². The Hall–Kier alpha value is -2.14. The number of aromatic amines is 1. The molecule has 0 aromatic carbocycles. The van der Waals surface area contributed by atoms with Gasteiger partial charge in [0.2, 0.25) is 11.8 Å². The van der Waals surface area contributed by atoms with Crippen LogP contribution in [0.3, 0.4) is 0 Å². The van der Waals surface area contributed by atoms with E-state index in [1.807, 2.05) is 19.9 Å². The molecular weight excluding hydrogens is 338 g/mol. The van der Waals surface area contributed by atoms with Crippen LogP contribution in [0.15, 0.2) is 22.7 Å². The molecule has 2 aromatic heterocycles. The normalized spacial score (nSPS) is 10.3. The maximum atomic E-state index is 11.7. The molecule has 23 heavy (non-hydrogen) atoms. The highest BCUT2D eigenvalue weighted by Crippen LogP contribution is 2.13. The molecule has 0 atom stereocenters. The van der Waals surface area contributed by atoms with E-state index in [1.165, 1.54) is 29.9 Å². The first-order chi connectivity index (χ1) is 11.0. The molecule has 2 amide bonds. The van der Waals surface area contributed by atoms with E-state index in [0.29, 0.717) is 10.3 Å². The van der Waals surface area contributed by atoms with E-state index in [-0.39, 0.29) is 23.3 Å². The zero-order valence-corrected chi connectivity index (χ0v) is 14.1. The van der Waals surface area contributed by atoms with E-state index in [2.05, 4.69) is 36.0 Å². The molecule has 0 fully saturated rings. The number of hydrazine groups is 1. The van der Waals surface area contributed by atoms with E-state index in [4.69, 9.17) is 0 Å². The summed E-state index contributed by atoms with van der Waals surface area (Å²) in [4.78, 5) is 35.6. The minimum absolute atomic E-state index is 0.110. The second-order valence-corrected chi connectivity index (χ2v) is 6.30. The first-order valence-corrected chi connectivity index (χ1v) is 8.51. The molecule has 0 saturated carbocycles. The molecule has 122 valence electrons. The molecule has 2 rings (SSSR count). The van der Waals surface area contributed by atoms with Crippen LogP contribution >= 0.6 is 23.5 Å². The molecule has 0 unspecified atom stereocenters. The van der Waals surface area contributed by atoms with Gasteiger partial charge >= 0.3 is 0 Å². The number of carbonyl (C=O) groups excluding carboxylic acids is 2. The van der Waals surface area contributed by atoms with Crippen molar-refractivity contribution in [3.8, 4) is 0 Å². The SMILES string of the molecule is Cc1cc(C)nc(SCC(=O)NNC(=O)CSc2ncn[nH]2)n1. The fourth-order valence-electron chi connectivity index (χ4n) is 1.50. The Balaban J connectivity index is 1.67. The Bertz CT molecular complexity index is 658. The monoisotopic (exact) mass is 353 g/mol. The molecule has 3 N–H and O–H groups in total. The average molecular weight is 353 g/mol. The van der Waals surface area contributed by atoms with E-state index < -0.39 is 0 Å². The van der Waals surface area contributed by atoms with Crippen LogP contribution in [0.2, 0.25) is 0 Å². The van der Waals surface area contributed by atoms with Crippen molar-refractivity contribution in [2.75, 3.05) is 11.5 Å². The second kappa shape index (κ2) is 8.48. The van der Waals surface area contributed by atoms with E-state index in [1.54, 1.807) is 0 Å². The fourth-order valence-corrected chi connectivity index (χ4v) is 2.83. The summed E-state index contributed by atoms with van der Waals surface area (Å²) < 4.78 is 0. The molecule has 0 aliphatic heterocycles. The Kier molecular flexibility index (Phi) is 6.35. The molecule has 0 radical (unpaired) electrons. The maximum Gasteiger partial charge on any atom is 0.248 e. The molecule has 0 aliphatic carbocycles. The van der Waals surface area contributed by atoms with Crippen molar-refractivity contribution >= 4 is 35.3 Å². The van der Waals surface area contributed by atoms with Gasteiger partial charge in [-0.25, -0.2) is 15.0 Å². The number of carbonyl (C=O) groups is 2. The van der Waals surface area contributed by atoms with Crippen molar-refractivity contribution in [2.45, 2.75) is 24.2 Å². The van der Waals surface area contributed by atoms with Crippen molar-refractivity contribution in [3.63, 3.8) is 0 Å². The van der Waals surface area contributed by atoms with Gasteiger partial charge in [-0.15, -0.1) is 0 Å². The Morgan fingerprint density at radius 3 is 2.26 bits per heavy atom. The van der Waals surface area contributed by atoms with Gasteiger partial charge in [0.15, 0.2) is 10.3 Å². The second-order valence-electron chi connectivity index (χ2n) is 4.40. The van der Waals surface area contributed by atoms with Crippen molar-refractivity contribution in [1.29, 1.82) is 0 Å². The smallest absolute Gasteiger partial charge is 0.248 e. The largest absolute Gasteiger partial charge is 0.272 e. The first-order valence-electron chi connectivity index (χ1n) is 6.54. The Morgan fingerprint density at radius 1 is 1.09 bits per heavy atom. The number of rotatable bonds is 6. The number of nitrogens with zero attached hydrogens (tertiary/aromatic N) is 4. The van der Waals surface area contributed by atoms with E-state index in [9.17, 15) is 9.59 Å². The van der Waals surface area contributed by atoms with Crippen molar-refractivity contribution in [3.05, 3.63) is 23.8 Å². The highest BCUT2D eigenvalue weighted by molar-refractivity contribution is 8.00. The van der Waals surface area contributed by atoms with Crippen LogP contribution in [0, 0.1) is 13.8 Å². The lowest BCUT2D eigenvalue weighted by atomic mass is 10.4. The molecule has 0 spiro atoms.